The third-order valence-corrected chi connectivity index (χ3v) is 4.47. The van der Waals surface area contributed by atoms with Gasteiger partial charge in [-0.05, 0) is 37.1 Å². The Hall–Kier alpha value is -2.33. The van der Waals surface area contributed by atoms with E-state index in [1.165, 1.54) is 0 Å². The summed E-state index contributed by atoms with van der Waals surface area (Å²) in [6.07, 6.45) is 3.52. The van der Waals surface area contributed by atoms with Crippen LogP contribution in [0.4, 0.5) is 11.5 Å². The Labute approximate surface area is 153 Å². The highest BCUT2D eigenvalue weighted by Gasteiger charge is 2.27. The van der Waals surface area contributed by atoms with Crippen molar-refractivity contribution in [2.75, 3.05) is 5.32 Å². The highest BCUT2D eigenvalue weighted by Crippen LogP contribution is 2.38. The van der Waals surface area contributed by atoms with Gasteiger partial charge in [0.05, 0.1) is 23.3 Å². The Kier molecular flexibility index (Phi) is 4.56. The number of halogens is 1. The molecular weight excluding hydrogens is 332 g/mol. The smallest absolute Gasteiger partial charge is 0.153 e. The molecule has 3 aromatic rings. The zero-order chi connectivity index (χ0) is 18.2. The van der Waals surface area contributed by atoms with Crippen molar-refractivity contribution in [3.8, 4) is 5.69 Å². The van der Waals surface area contributed by atoms with Gasteiger partial charge in [0.1, 0.15) is 5.02 Å². The van der Waals surface area contributed by atoms with Crippen LogP contribution >= 0.6 is 11.6 Å². The van der Waals surface area contributed by atoms with Crippen molar-refractivity contribution < 1.29 is 0 Å². The van der Waals surface area contributed by atoms with Gasteiger partial charge in [-0.3, -0.25) is 4.98 Å². The highest BCUT2D eigenvalue weighted by molar-refractivity contribution is 6.34. The lowest BCUT2D eigenvalue weighted by atomic mass is 9.92. The second-order valence-corrected chi connectivity index (χ2v) is 7.66. The minimum absolute atomic E-state index is 0.162. The quantitative estimate of drug-likeness (QED) is 0.667. The van der Waals surface area contributed by atoms with Crippen LogP contribution in [-0.4, -0.2) is 14.8 Å². The predicted molar refractivity (Wildman–Crippen MR) is 104 cm³/mol. The van der Waals surface area contributed by atoms with Crippen molar-refractivity contribution in [3.63, 3.8) is 0 Å². The summed E-state index contributed by atoms with van der Waals surface area (Å²) in [5.74, 6) is 0.761. The molecule has 0 spiro atoms. The number of anilines is 2. The molecule has 3 rings (SSSR count). The Balaban J connectivity index is 2.23. The van der Waals surface area contributed by atoms with E-state index in [4.69, 9.17) is 16.7 Å². The second kappa shape index (κ2) is 6.52. The number of rotatable bonds is 3. The largest absolute Gasteiger partial charge is 0.338 e. The fourth-order valence-corrected chi connectivity index (χ4v) is 3.31. The van der Waals surface area contributed by atoms with Crippen LogP contribution in [0.3, 0.4) is 0 Å². The average molecular weight is 355 g/mol. The molecule has 2 heterocycles. The number of benzene rings is 1. The first-order valence-electron chi connectivity index (χ1n) is 8.31. The van der Waals surface area contributed by atoms with E-state index in [-0.39, 0.29) is 5.41 Å². The van der Waals surface area contributed by atoms with Crippen LogP contribution in [0.2, 0.25) is 5.02 Å². The number of aryl methyl sites for hydroxylation is 2. The second-order valence-electron chi connectivity index (χ2n) is 7.28. The fourth-order valence-electron chi connectivity index (χ4n) is 2.86. The summed E-state index contributed by atoms with van der Waals surface area (Å²) in [4.78, 5) is 4.17. The SMILES string of the molecule is Cc1cccc(C)c1-n1nc(C(C)(C)C)c(Cl)c1Nc1cccnc1. The van der Waals surface area contributed by atoms with Crippen molar-refractivity contribution in [1.29, 1.82) is 0 Å². The minimum Gasteiger partial charge on any atom is -0.338 e. The van der Waals surface area contributed by atoms with E-state index in [1.54, 1.807) is 12.4 Å². The number of nitrogens with zero attached hydrogens (tertiary/aromatic N) is 3. The average Bonchev–Trinajstić information content (AvgIpc) is 2.86. The first-order chi connectivity index (χ1) is 11.8. The molecule has 0 saturated heterocycles. The molecule has 0 unspecified atom stereocenters. The summed E-state index contributed by atoms with van der Waals surface area (Å²) >= 11 is 6.75. The van der Waals surface area contributed by atoms with Gasteiger partial charge in [-0.25, -0.2) is 4.68 Å². The van der Waals surface area contributed by atoms with Gasteiger partial charge in [0.2, 0.25) is 0 Å². The maximum absolute atomic E-state index is 6.75. The lowest BCUT2D eigenvalue weighted by molar-refractivity contribution is 0.560. The van der Waals surface area contributed by atoms with Crippen LogP contribution < -0.4 is 5.32 Å². The molecule has 1 N–H and O–H groups in total. The number of para-hydroxylation sites is 1. The number of aromatic nitrogens is 3. The first-order valence-corrected chi connectivity index (χ1v) is 8.69. The van der Waals surface area contributed by atoms with E-state index < -0.39 is 0 Å². The molecule has 0 saturated carbocycles. The third-order valence-electron chi connectivity index (χ3n) is 4.11. The maximum Gasteiger partial charge on any atom is 0.153 e. The van der Waals surface area contributed by atoms with Crippen molar-refractivity contribution in [1.82, 2.24) is 14.8 Å². The van der Waals surface area contributed by atoms with Gasteiger partial charge in [-0.15, -0.1) is 0 Å². The van der Waals surface area contributed by atoms with Crippen LogP contribution in [0.5, 0.6) is 0 Å². The Morgan fingerprint density at radius 2 is 1.72 bits per heavy atom. The normalized spacial score (nSPS) is 11.6. The van der Waals surface area contributed by atoms with E-state index >= 15 is 0 Å². The van der Waals surface area contributed by atoms with Gasteiger partial charge < -0.3 is 5.32 Å². The number of hydrogen-bond donors (Lipinski definition) is 1. The minimum atomic E-state index is -0.162. The monoisotopic (exact) mass is 354 g/mol. The van der Waals surface area contributed by atoms with Gasteiger partial charge in [0, 0.05) is 11.6 Å². The molecule has 0 amide bonds. The number of pyridine rings is 1. The summed E-state index contributed by atoms with van der Waals surface area (Å²) in [6.45, 7) is 10.5. The predicted octanol–water partition coefficient (Wildman–Crippen LogP) is 5.58. The first kappa shape index (κ1) is 17.5. The molecular formula is C20H23ClN4. The van der Waals surface area contributed by atoms with Gasteiger partial charge in [-0.1, -0.05) is 50.6 Å². The molecule has 0 aliphatic rings. The van der Waals surface area contributed by atoms with E-state index in [9.17, 15) is 0 Å². The topological polar surface area (TPSA) is 42.7 Å². The molecule has 5 heteroatoms. The van der Waals surface area contributed by atoms with Crippen LogP contribution in [0, 0.1) is 13.8 Å². The zero-order valence-corrected chi connectivity index (χ0v) is 16.0. The Morgan fingerprint density at radius 1 is 1.04 bits per heavy atom. The summed E-state index contributed by atoms with van der Waals surface area (Å²) in [7, 11) is 0. The zero-order valence-electron chi connectivity index (χ0n) is 15.3. The van der Waals surface area contributed by atoms with Crippen LogP contribution in [0.15, 0.2) is 42.7 Å². The molecule has 0 radical (unpaired) electrons. The molecule has 0 fully saturated rings. The van der Waals surface area contributed by atoms with Crippen molar-refractivity contribution in [2.45, 2.75) is 40.0 Å². The van der Waals surface area contributed by atoms with E-state index in [2.05, 4.69) is 63.1 Å². The fraction of sp³-hybridized carbons (Fsp3) is 0.300. The molecule has 4 nitrogen and oxygen atoms in total. The summed E-state index contributed by atoms with van der Waals surface area (Å²) in [5.41, 5.74) is 4.92. The Bertz CT molecular complexity index is 872. The number of nitrogens with one attached hydrogen (secondary N) is 1. The van der Waals surface area contributed by atoms with Crippen molar-refractivity contribution >= 4 is 23.1 Å². The molecule has 1 aromatic carbocycles. The van der Waals surface area contributed by atoms with Gasteiger partial charge in [0.25, 0.3) is 0 Å². The Morgan fingerprint density at radius 3 is 2.28 bits per heavy atom. The highest BCUT2D eigenvalue weighted by atomic mass is 35.5. The summed E-state index contributed by atoms with van der Waals surface area (Å²) in [6, 6.07) is 10.1. The molecule has 130 valence electrons. The lowest BCUT2D eigenvalue weighted by Gasteiger charge is -2.15. The van der Waals surface area contributed by atoms with Crippen LogP contribution in [-0.2, 0) is 5.41 Å². The third kappa shape index (κ3) is 3.40. The molecule has 0 aliphatic carbocycles. The molecule has 0 atom stereocenters. The van der Waals surface area contributed by atoms with Gasteiger partial charge in [-0.2, -0.15) is 5.10 Å². The maximum atomic E-state index is 6.75. The molecule has 0 bridgehead atoms. The van der Waals surface area contributed by atoms with E-state index in [0.717, 1.165) is 34.0 Å². The van der Waals surface area contributed by atoms with Crippen LogP contribution in [0.25, 0.3) is 5.69 Å². The standard InChI is InChI=1S/C20H23ClN4/c1-13-8-6-9-14(2)17(13)25-19(23-15-10-7-11-22-12-15)16(21)18(24-25)20(3,4)5/h6-12,23H,1-5H3. The lowest BCUT2D eigenvalue weighted by Crippen LogP contribution is -2.13. The van der Waals surface area contributed by atoms with Crippen molar-refractivity contribution in [3.05, 3.63) is 64.6 Å². The molecule has 2 aromatic heterocycles. The van der Waals surface area contributed by atoms with E-state index in [0.29, 0.717) is 5.02 Å². The van der Waals surface area contributed by atoms with E-state index in [1.807, 2.05) is 16.8 Å². The van der Waals surface area contributed by atoms with Crippen molar-refractivity contribution in [2.24, 2.45) is 0 Å². The molecule has 0 aliphatic heterocycles. The van der Waals surface area contributed by atoms with Crippen LogP contribution in [0.1, 0.15) is 37.6 Å². The summed E-state index contributed by atoms with van der Waals surface area (Å²) < 4.78 is 1.92. The molecule has 25 heavy (non-hydrogen) atoms. The van der Waals surface area contributed by atoms with Gasteiger partial charge >= 0.3 is 0 Å². The summed E-state index contributed by atoms with van der Waals surface area (Å²) in [5, 5.41) is 8.90. The number of hydrogen-bond acceptors (Lipinski definition) is 3. The van der Waals surface area contributed by atoms with Gasteiger partial charge in [0.15, 0.2) is 5.82 Å².